The Bertz CT molecular complexity index is 352. The van der Waals surface area contributed by atoms with Crippen molar-refractivity contribution in [2.24, 2.45) is 0 Å². The van der Waals surface area contributed by atoms with Gasteiger partial charge in [-0.1, -0.05) is 0 Å². The van der Waals surface area contributed by atoms with Gasteiger partial charge in [-0.05, 0) is 0 Å². The first-order valence-corrected chi connectivity index (χ1v) is 3.98. The van der Waals surface area contributed by atoms with Crippen LogP contribution in [0.2, 0.25) is 0 Å². The quantitative estimate of drug-likeness (QED) is 0.556. The summed E-state index contributed by atoms with van der Waals surface area (Å²) < 4.78 is 0. The van der Waals surface area contributed by atoms with Gasteiger partial charge in [0.15, 0.2) is 5.82 Å². The first-order chi connectivity index (χ1) is 6.20. The average Bonchev–Trinajstić information content (AvgIpc) is 2.15. The first-order valence-electron chi connectivity index (χ1n) is 3.98. The monoisotopic (exact) mass is 178 g/mol. The zero-order valence-corrected chi connectivity index (χ0v) is 7.56. The fraction of sp³-hybridized carbons (Fsp3) is 0.375. The number of hydrogen-bond acceptors (Lipinski definition) is 4. The smallest absolute Gasteiger partial charge is 0.246 e. The van der Waals surface area contributed by atoms with Crippen molar-refractivity contribution in [1.82, 2.24) is 9.97 Å². The molecule has 0 unspecified atom stereocenters. The van der Waals surface area contributed by atoms with Crippen LogP contribution < -0.4 is 9.80 Å². The van der Waals surface area contributed by atoms with Crippen molar-refractivity contribution in [1.29, 1.82) is 0 Å². The Morgan fingerprint density at radius 3 is 3.00 bits per heavy atom. The third-order valence-electron chi connectivity index (χ3n) is 2.14. The largest absolute Gasteiger partial charge is 0.349 e. The van der Waals surface area contributed by atoms with Gasteiger partial charge in [-0.2, -0.15) is 0 Å². The fourth-order valence-electron chi connectivity index (χ4n) is 1.36. The van der Waals surface area contributed by atoms with E-state index in [4.69, 9.17) is 0 Å². The van der Waals surface area contributed by atoms with Gasteiger partial charge in [0.1, 0.15) is 12.0 Å². The summed E-state index contributed by atoms with van der Waals surface area (Å²) in [6.07, 6.45) is 3.13. The molecule has 0 saturated heterocycles. The maximum Gasteiger partial charge on any atom is 0.246 e. The van der Waals surface area contributed by atoms with Gasteiger partial charge in [0, 0.05) is 14.1 Å². The maximum atomic E-state index is 11.4. The van der Waals surface area contributed by atoms with Crippen LogP contribution in [0.15, 0.2) is 12.5 Å². The highest BCUT2D eigenvalue weighted by Gasteiger charge is 2.25. The molecule has 0 spiro atoms. The molecule has 68 valence electrons. The summed E-state index contributed by atoms with van der Waals surface area (Å²) in [7, 11) is 3.58. The van der Waals surface area contributed by atoms with E-state index in [-0.39, 0.29) is 5.91 Å². The van der Waals surface area contributed by atoms with Crippen LogP contribution in [-0.2, 0) is 4.79 Å². The van der Waals surface area contributed by atoms with E-state index in [1.165, 1.54) is 6.33 Å². The van der Waals surface area contributed by atoms with Crippen molar-refractivity contribution in [2.75, 3.05) is 30.4 Å². The minimum Gasteiger partial charge on any atom is -0.349 e. The minimum absolute atomic E-state index is 0.0600. The molecule has 1 aliphatic heterocycles. The molecule has 1 aliphatic rings. The second-order valence-electron chi connectivity index (χ2n) is 3.04. The summed E-state index contributed by atoms with van der Waals surface area (Å²) in [6, 6.07) is 0. The summed E-state index contributed by atoms with van der Waals surface area (Å²) in [6.45, 7) is 0.376. The molecule has 1 aromatic heterocycles. The molecule has 2 rings (SSSR count). The van der Waals surface area contributed by atoms with Gasteiger partial charge in [-0.3, -0.25) is 4.79 Å². The molecule has 0 N–H and O–H groups in total. The van der Waals surface area contributed by atoms with Crippen LogP contribution in [0.1, 0.15) is 0 Å². The van der Waals surface area contributed by atoms with Crippen LogP contribution in [0.25, 0.3) is 0 Å². The van der Waals surface area contributed by atoms with Gasteiger partial charge in [-0.25, -0.2) is 9.97 Å². The molecular weight excluding hydrogens is 168 g/mol. The van der Waals surface area contributed by atoms with Crippen molar-refractivity contribution in [3.8, 4) is 0 Å². The predicted molar refractivity (Wildman–Crippen MR) is 48.7 cm³/mol. The van der Waals surface area contributed by atoms with Gasteiger partial charge in [0.05, 0.1) is 12.7 Å². The summed E-state index contributed by atoms with van der Waals surface area (Å²) >= 11 is 0. The molecule has 0 saturated carbocycles. The topological polar surface area (TPSA) is 49.3 Å². The van der Waals surface area contributed by atoms with Gasteiger partial charge in [0.2, 0.25) is 5.91 Å². The molecule has 2 heterocycles. The van der Waals surface area contributed by atoms with E-state index in [1.807, 2.05) is 11.9 Å². The second kappa shape index (κ2) is 2.69. The van der Waals surface area contributed by atoms with Crippen LogP contribution in [0.5, 0.6) is 0 Å². The number of likely N-dealkylation sites (N-methyl/N-ethyl adjacent to an activating group) is 2. The molecule has 0 atom stereocenters. The first kappa shape index (κ1) is 7.97. The molecule has 5 nitrogen and oxygen atoms in total. The Hall–Kier alpha value is -1.65. The van der Waals surface area contributed by atoms with Crippen LogP contribution in [0.3, 0.4) is 0 Å². The third kappa shape index (κ3) is 1.12. The minimum atomic E-state index is 0.0600. The van der Waals surface area contributed by atoms with E-state index < -0.39 is 0 Å². The van der Waals surface area contributed by atoms with Gasteiger partial charge >= 0.3 is 0 Å². The summed E-state index contributed by atoms with van der Waals surface area (Å²) in [5.41, 5.74) is 0.765. The van der Waals surface area contributed by atoms with E-state index >= 15 is 0 Å². The lowest BCUT2D eigenvalue weighted by Crippen LogP contribution is -2.42. The highest BCUT2D eigenvalue weighted by molar-refractivity contribution is 6.01. The van der Waals surface area contributed by atoms with Crippen LogP contribution in [0.4, 0.5) is 11.5 Å². The van der Waals surface area contributed by atoms with Crippen molar-refractivity contribution < 1.29 is 4.79 Å². The van der Waals surface area contributed by atoms with E-state index in [0.29, 0.717) is 6.54 Å². The summed E-state index contributed by atoms with van der Waals surface area (Å²) in [5.74, 6) is 0.863. The van der Waals surface area contributed by atoms with Crippen molar-refractivity contribution >= 4 is 17.4 Å². The Balaban J connectivity index is 2.53. The molecule has 1 amide bonds. The third-order valence-corrected chi connectivity index (χ3v) is 2.14. The van der Waals surface area contributed by atoms with Gasteiger partial charge in [0.25, 0.3) is 0 Å². The van der Waals surface area contributed by atoms with E-state index in [2.05, 4.69) is 9.97 Å². The van der Waals surface area contributed by atoms with Gasteiger partial charge in [-0.15, -0.1) is 0 Å². The Labute approximate surface area is 76.0 Å². The molecule has 0 radical (unpaired) electrons. The number of nitrogens with zero attached hydrogens (tertiary/aromatic N) is 4. The molecule has 5 heteroatoms. The fourth-order valence-corrected chi connectivity index (χ4v) is 1.36. The van der Waals surface area contributed by atoms with Crippen molar-refractivity contribution in [3.05, 3.63) is 12.5 Å². The van der Waals surface area contributed by atoms with Crippen molar-refractivity contribution in [3.63, 3.8) is 0 Å². The zero-order chi connectivity index (χ0) is 9.42. The normalized spacial score (nSPS) is 16.0. The maximum absolute atomic E-state index is 11.4. The van der Waals surface area contributed by atoms with Crippen LogP contribution in [-0.4, -0.2) is 36.5 Å². The predicted octanol–water partition coefficient (Wildman–Crippen LogP) is -0.111. The zero-order valence-electron chi connectivity index (χ0n) is 7.56. The highest BCUT2D eigenvalue weighted by Crippen LogP contribution is 2.27. The Kier molecular flexibility index (Phi) is 1.65. The van der Waals surface area contributed by atoms with E-state index in [9.17, 15) is 4.79 Å². The number of aromatic nitrogens is 2. The molecular formula is C8H10N4O. The van der Waals surface area contributed by atoms with Crippen LogP contribution in [0, 0.1) is 0 Å². The molecule has 1 aromatic rings. The standard InChI is InChI=1S/C8H10N4O/c1-11-4-7(13)12(2)6-3-9-5-10-8(6)11/h3,5H,4H2,1-2H3. The average molecular weight is 178 g/mol. The number of hydrogen-bond donors (Lipinski definition) is 0. The second-order valence-corrected chi connectivity index (χ2v) is 3.04. The highest BCUT2D eigenvalue weighted by atomic mass is 16.2. The molecule has 0 fully saturated rings. The Morgan fingerprint density at radius 1 is 1.46 bits per heavy atom. The van der Waals surface area contributed by atoms with Crippen LogP contribution >= 0.6 is 0 Å². The lowest BCUT2D eigenvalue weighted by Gasteiger charge is -2.30. The number of carbonyl (C=O) groups excluding carboxylic acids is 1. The number of amides is 1. The molecule has 0 aliphatic carbocycles. The summed E-state index contributed by atoms with van der Waals surface area (Å²) in [4.78, 5) is 22.8. The number of anilines is 2. The number of rotatable bonds is 0. The molecule has 0 bridgehead atoms. The number of carbonyl (C=O) groups is 1. The van der Waals surface area contributed by atoms with E-state index in [0.717, 1.165) is 11.5 Å². The lowest BCUT2D eigenvalue weighted by molar-refractivity contribution is -0.117. The Morgan fingerprint density at radius 2 is 2.23 bits per heavy atom. The number of fused-ring (bicyclic) bond motifs is 1. The molecule has 0 aromatic carbocycles. The molecule has 13 heavy (non-hydrogen) atoms. The van der Waals surface area contributed by atoms with Gasteiger partial charge < -0.3 is 9.80 Å². The van der Waals surface area contributed by atoms with E-state index in [1.54, 1.807) is 18.1 Å². The lowest BCUT2D eigenvalue weighted by atomic mass is 10.3. The summed E-state index contributed by atoms with van der Waals surface area (Å²) in [5, 5.41) is 0. The van der Waals surface area contributed by atoms with Crippen molar-refractivity contribution in [2.45, 2.75) is 0 Å². The SMILES string of the molecule is CN1CC(=O)N(C)c2cncnc21.